The van der Waals surface area contributed by atoms with Crippen LogP contribution in [0.5, 0.6) is 0 Å². The predicted molar refractivity (Wildman–Crippen MR) is 62.5 cm³/mol. The van der Waals surface area contributed by atoms with Gasteiger partial charge in [0.15, 0.2) is 0 Å². The van der Waals surface area contributed by atoms with Crippen LogP contribution in [0.3, 0.4) is 0 Å². The summed E-state index contributed by atoms with van der Waals surface area (Å²) in [4.78, 5) is 10.9. The Balaban J connectivity index is 1.84. The van der Waals surface area contributed by atoms with Gasteiger partial charge in [0.25, 0.3) is 0 Å². The first-order valence-electron chi connectivity index (χ1n) is 6.16. The van der Waals surface area contributed by atoms with E-state index in [2.05, 4.69) is 14.9 Å². The molecule has 3 heterocycles. The molecule has 2 bridgehead atoms. The number of aliphatic hydroxyl groups excluding tert-OH is 2. The maximum atomic E-state index is 9.74. The number of hydrogen-bond donors (Lipinski definition) is 2. The molecule has 2 saturated heterocycles. The van der Waals surface area contributed by atoms with Gasteiger partial charge in [-0.3, -0.25) is 0 Å². The zero-order valence-corrected chi connectivity index (χ0v) is 9.66. The molecule has 3 rings (SSSR count). The zero-order valence-electron chi connectivity index (χ0n) is 9.66. The summed E-state index contributed by atoms with van der Waals surface area (Å²) in [5.41, 5.74) is 0.734. The van der Waals surface area contributed by atoms with Crippen LogP contribution >= 0.6 is 0 Å². The molecule has 2 aliphatic heterocycles. The van der Waals surface area contributed by atoms with Gasteiger partial charge in [-0.1, -0.05) is 0 Å². The van der Waals surface area contributed by atoms with Gasteiger partial charge in [-0.05, 0) is 25.7 Å². The van der Waals surface area contributed by atoms with Gasteiger partial charge in [0.1, 0.15) is 0 Å². The van der Waals surface area contributed by atoms with Crippen LogP contribution in [-0.4, -0.2) is 38.4 Å². The Kier molecular flexibility index (Phi) is 2.72. The summed E-state index contributed by atoms with van der Waals surface area (Å²) < 4.78 is 0. The van der Waals surface area contributed by atoms with E-state index in [1.165, 1.54) is 0 Å². The summed E-state index contributed by atoms with van der Waals surface area (Å²) >= 11 is 0. The van der Waals surface area contributed by atoms with E-state index in [9.17, 15) is 5.11 Å². The van der Waals surface area contributed by atoms with Crippen molar-refractivity contribution in [1.29, 1.82) is 0 Å². The van der Waals surface area contributed by atoms with Gasteiger partial charge in [0.2, 0.25) is 5.95 Å². The third-order valence-electron chi connectivity index (χ3n) is 3.81. The second kappa shape index (κ2) is 4.23. The minimum Gasteiger partial charge on any atom is -0.393 e. The van der Waals surface area contributed by atoms with E-state index in [1.807, 2.05) is 0 Å². The smallest absolute Gasteiger partial charge is 0.225 e. The first kappa shape index (κ1) is 10.9. The molecule has 0 spiro atoms. The van der Waals surface area contributed by atoms with Crippen LogP contribution in [-0.2, 0) is 6.61 Å². The Hall–Kier alpha value is -1.20. The van der Waals surface area contributed by atoms with Gasteiger partial charge < -0.3 is 15.1 Å². The molecule has 0 amide bonds. The number of rotatable bonds is 2. The van der Waals surface area contributed by atoms with E-state index in [-0.39, 0.29) is 12.7 Å². The van der Waals surface area contributed by atoms with Crippen molar-refractivity contribution >= 4 is 5.95 Å². The summed E-state index contributed by atoms with van der Waals surface area (Å²) in [6.07, 6.45) is 7.06. The van der Waals surface area contributed by atoms with Crippen molar-refractivity contribution in [2.24, 2.45) is 0 Å². The van der Waals surface area contributed by atoms with E-state index in [4.69, 9.17) is 5.11 Å². The number of aromatic nitrogens is 2. The topological polar surface area (TPSA) is 69.5 Å². The van der Waals surface area contributed by atoms with E-state index in [0.29, 0.717) is 12.1 Å². The average Bonchev–Trinajstić information content (AvgIpc) is 2.62. The molecular formula is C12H17N3O2. The van der Waals surface area contributed by atoms with Crippen molar-refractivity contribution in [2.45, 2.75) is 50.5 Å². The van der Waals surface area contributed by atoms with E-state index < -0.39 is 0 Å². The lowest BCUT2D eigenvalue weighted by Crippen LogP contribution is -2.45. The molecule has 1 aromatic rings. The standard InChI is InChI=1S/C12H17N3O2/c16-7-8-5-13-12(14-6-8)15-9-1-2-10(15)4-11(17)3-9/h5-6,9-11,16-17H,1-4,7H2. The van der Waals surface area contributed by atoms with Crippen molar-refractivity contribution in [3.8, 4) is 0 Å². The largest absolute Gasteiger partial charge is 0.393 e. The van der Waals surface area contributed by atoms with Crippen LogP contribution in [0.2, 0.25) is 0 Å². The third kappa shape index (κ3) is 1.89. The molecule has 0 radical (unpaired) electrons. The molecule has 1 aromatic heterocycles. The summed E-state index contributed by atoms with van der Waals surface area (Å²) in [5, 5.41) is 18.7. The highest BCUT2D eigenvalue weighted by atomic mass is 16.3. The third-order valence-corrected chi connectivity index (χ3v) is 3.81. The Morgan fingerprint density at radius 3 is 2.29 bits per heavy atom. The lowest BCUT2D eigenvalue weighted by molar-refractivity contribution is 0.125. The van der Waals surface area contributed by atoms with Crippen LogP contribution in [0.15, 0.2) is 12.4 Å². The second-order valence-corrected chi connectivity index (χ2v) is 4.97. The summed E-state index contributed by atoms with van der Waals surface area (Å²) in [5.74, 6) is 0.738. The Morgan fingerprint density at radius 1 is 1.18 bits per heavy atom. The molecule has 0 aliphatic carbocycles. The summed E-state index contributed by atoms with van der Waals surface area (Å²) in [7, 11) is 0. The highest BCUT2D eigenvalue weighted by molar-refractivity contribution is 5.37. The highest BCUT2D eigenvalue weighted by Crippen LogP contribution is 2.37. The molecule has 0 aromatic carbocycles. The number of nitrogens with zero attached hydrogens (tertiary/aromatic N) is 3. The van der Waals surface area contributed by atoms with Gasteiger partial charge in [0.05, 0.1) is 12.7 Å². The Bertz CT molecular complexity index is 381. The Labute approximate surface area is 100 Å². The lowest BCUT2D eigenvalue weighted by Gasteiger charge is -2.37. The predicted octanol–water partition coefficient (Wildman–Crippen LogP) is 0.461. The van der Waals surface area contributed by atoms with Crippen LogP contribution in [0.25, 0.3) is 0 Å². The van der Waals surface area contributed by atoms with Gasteiger partial charge >= 0.3 is 0 Å². The number of anilines is 1. The van der Waals surface area contributed by atoms with Crippen molar-refractivity contribution < 1.29 is 10.2 Å². The zero-order chi connectivity index (χ0) is 11.8. The maximum absolute atomic E-state index is 9.74. The van der Waals surface area contributed by atoms with Crippen molar-refractivity contribution in [2.75, 3.05) is 4.90 Å². The van der Waals surface area contributed by atoms with Gasteiger partial charge in [0, 0.05) is 30.0 Å². The Morgan fingerprint density at radius 2 is 1.76 bits per heavy atom. The molecule has 2 atom stereocenters. The fourth-order valence-corrected chi connectivity index (χ4v) is 3.04. The van der Waals surface area contributed by atoms with E-state index in [1.54, 1.807) is 12.4 Å². The van der Waals surface area contributed by atoms with Crippen LogP contribution < -0.4 is 4.90 Å². The average molecular weight is 235 g/mol. The molecule has 17 heavy (non-hydrogen) atoms. The quantitative estimate of drug-likeness (QED) is 0.779. The van der Waals surface area contributed by atoms with Crippen molar-refractivity contribution in [1.82, 2.24) is 9.97 Å². The monoisotopic (exact) mass is 235 g/mol. The molecular weight excluding hydrogens is 218 g/mol. The molecule has 2 unspecified atom stereocenters. The fraction of sp³-hybridized carbons (Fsp3) is 0.667. The molecule has 2 N–H and O–H groups in total. The van der Waals surface area contributed by atoms with Gasteiger partial charge in [-0.15, -0.1) is 0 Å². The number of aliphatic hydroxyl groups is 2. The lowest BCUT2D eigenvalue weighted by atomic mass is 10.0. The first-order valence-corrected chi connectivity index (χ1v) is 6.16. The minimum absolute atomic E-state index is 0.0220. The van der Waals surface area contributed by atoms with Crippen molar-refractivity contribution in [3.63, 3.8) is 0 Å². The van der Waals surface area contributed by atoms with Crippen LogP contribution in [0.4, 0.5) is 5.95 Å². The normalized spacial score (nSPS) is 31.9. The molecule has 2 fully saturated rings. The van der Waals surface area contributed by atoms with E-state index in [0.717, 1.165) is 37.2 Å². The van der Waals surface area contributed by atoms with Gasteiger partial charge in [-0.25, -0.2) is 9.97 Å². The number of piperidine rings is 1. The first-order chi connectivity index (χ1) is 8.28. The van der Waals surface area contributed by atoms with Crippen LogP contribution in [0, 0.1) is 0 Å². The fourth-order valence-electron chi connectivity index (χ4n) is 3.04. The van der Waals surface area contributed by atoms with Gasteiger partial charge in [-0.2, -0.15) is 0 Å². The summed E-state index contributed by atoms with van der Waals surface area (Å²) in [6, 6.07) is 0.757. The molecule has 2 aliphatic rings. The second-order valence-electron chi connectivity index (χ2n) is 4.97. The maximum Gasteiger partial charge on any atom is 0.225 e. The number of hydrogen-bond acceptors (Lipinski definition) is 5. The SMILES string of the molecule is OCc1cnc(N2C3CCC2CC(O)C3)nc1. The molecule has 5 nitrogen and oxygen atoms in total. The summed E-state index contributed by atoms with van der Waals surface area (Å²) in [6.45, 7) is -0.0220. The van der Waals surface area contributed by atoms with Crippen LogP contribution in [0.1, 0.15) is 31.2 Å². The van der Waals surface area contributed by atoms with Crippen molar-refractivity contribution in [3.05, 3.63) is 18.0 Å². The molecule has 0 saturated carbocycles. The molecule has 5 heteroatoms. The number of fused-ring (bicyclic) bond motifs is 2. The highest BCUT2D eigenvalue weighted by Gasteiger charge is 2.41. The minimum atomic E-state index is -0.166. The van der Waals surface area contributed by atoms with E-state index >= 15 is 0 Å². The molecule has 92 valence electrons.